The molecular formula is C22H23Br4ClN10O4. The van der Waals surface area contributed by atoms with E-state index in [1.54, 1.807) is 12.1 Å². The first kappa shape index (κ1) is 29.3. The minimum atomic E-state index is -1.80. The minimum absolute atomic E-state index is 0.0138. The third-order valence-corrected chi connectivity index (χ3v) is 12.5. The molecule has 0 bridgehead atoms. The number of hydrogen-bond donors (Lipinski definition) is 9. The molecule has 2 aromatic heterocycles. The van der Waals surface area contributed by atoms with Crippen molar-refractivity contribution in [2.45, 2.75) is 29.0 Å². The number of amides is 2. The molecule has 14 nitrogen and oxygen atoms in total. The van der Waals surface area contributed by atoms with Gasteiger partial charge in [-0.15, -0.1) is 11.6 Å². The molecule has 2 aromatic rings. The Hall–Kier alpha value is -1.83. The number of nitrogens with two attached hydrogens (primary N) is 2. The van der Waals surface area contributed by atoms with E-state index < -0.39 is 58.6 Å². The van der Waals surface area contributed by atoms with Gasteiger partial charge in [-0.3, -0.25) is 9.59 Å². The number of H-pyrrole nitrogens is 2. The van der Waals surface area contributed by atoms with Gasteiger partial charge >= 0.3 is 0 Å². The van der Waals surface area contributed by atoms with Gasteiger partial charge in [0.25, 0.3) is 11.8 Å². The van der Waals surface area contributed by atoms with E-state index >= 15 is 0 Å². The molecule has 1 spiro atoms. The molecule has 2 fully saturated rings. The number of carbonyl (C=O) groups is 2. The molecule has 0 unspecified atom stereocenters. The SMILES string of the molecule is NC1=N[C@@H]2N3C(N)=N[C@@H](O)[C@@]34[C@H]([C@H](CNC(=O)c3cc(Br)c(Br)[nH]3)[C@@H](CNC(=O)c3cc(Br)c(Br)[nH]3)[C@@H]4Cl)[C@]2(O)N1. The van der Waals surface area contributed by atoms with Crippen molar-refractivity contribution in [3.8, 4) is 0 Å². The first-order valence-corrected chi connectivity index (χ1v) is 15.8. The quantitative estimate of drug-likeness (QED) is 0.188. The largest absolute Gasteiger partial charge is 0.370 e. The lowest BCUT2D eigenvalue weighted by Gasteiger charge is -2.39. The fraction of sp³-hybridized carbons (Fsp3) is 0.455. The average Bonchev–Trinajstić information content (AvgIpc) is 3.67. The van der Waals surface area contributed by atoms with Gasteiger partial charge in [-0.2, -0.15) is 0 Å². The van der Waals surface area contributed by atoms with E-state index in [9.17, 15) is 19.8 Å². The number of carbonyl (C=O) groups excluding carboxylic acids is 2. The third-order valence-electron chi connectivity index (χ3n) is 8.26. The van der Waals surface area contributed by atoms with E-state index in [1.807, 2.05) is 0 Å². The van der Waals surface area contributed by atoms with Crippen molar-refractivity contribution in [1.29, 1.82) is 0 Å². The molecule has 5 heterocycles. The molecule has 2 amide bonds. The van der Waals surface area contributed by atoms with E-state index in [2.05, 4.69) is 99.6 Å². The van der Waals surface area contributed by atoms with E-state index in [4.69, 9.17) is 23.1 Å². The maximum absolute atomic E-state index is 13.1. The Morgan fingerprint density at radius 2 is 1.54 bits per heavy atom. The third kappa shape index (κ3) is 4.19. The molecule has 6 rings (SSSR count). The van der Waals surface area contributed by atoms with Gasteiger partial charge < -0.3 is 52.5 Å². The van der Waals surface area contributed by atoms with Crippen molar-refractivity contribution in [3.63, 3.8) is 0 Å². The Labute approximate surface area is 271 Å². The highest BCUT2D eigenvalue weighted by atomic mass is 79.9. The first-order valence-electron chi connectivity index (χ1n) is 12.2. The standard InChI is InChI=1S/C22H23Br4ClN10O4/c23-7-1-9(32-13(7)25)15(38)30-3-5-6(4-31-16(39)10-2-8(24)14(26)33-10)12(27)21-11(5)22(41)17(34-19(28)36-22)37(21)20(29)35-18(21)40/h1-2,5-6,11-12,17-18,32-33,40-41H,3-4H2,(H2,29,35)(H,30,38)(H,31,39)(H3,28,34,36)/t5-,6-,11+,12+,17-,18+,21+,22-/m1/s1. The highest BCUT2D eigenvalue weighted by Crippen LogP contribution is 2.63. The number of aliphatic hydroxyl groups excluding tert-OH is 1. The number of nitrogens with one attached hydrogen (secondary N) is 5. The lowest BCUT2D eigenvalue weighted by Crippen LogP contribution is -2.61. The number of alkyl halides is 1. The number of guanidine groups is 2. The maximum Gasteiger partial charge on any atom is 0.267 e. The molecular weight excluding hydrogens is 823 g/mol. The summed E-state index contributed by atoms with van der Waals surface area (Å²) in [6.45, 7) is 0.0527. The summed E-state index contributed by atoms with van der Waals surface area (Å²) in [4.78, 5) is 42.1. The molecule has 220 valence electrons. The number of hydrogen-bond acceptors (Lipinski definition) is 10. The van der Waals surface area contributed by atoms with Crippen LogP contribution in [0.15, 0.2) is 40.3 Å². The second kappa shape index (κ2) is 10.1. The second-order valence-electron chi connectivity index (χ2n) is 10.3. The Balaban J connectivity index is 1.35. The summed E-state index contributed by atoms with van der Waals surface area (Å²) >= 11 is 20.6. The fourth-order valence-corrected chi connectivity index (χ4v) is 8.69. The van der Waals surface area contributed by atoms with Crippen LogP contribution in [-0.2, 0) is 0 Å². The first-order chi connectivity index (χ1) is 19.3. The summed E-state index contributed by atoms with van der Waals surface area (Å²) in [6.07, 6.45) is -2.44. The molecule has 0 radical (unpaired) electrons. The molecule has 1 saturated heterocycles. The zero-order valence-corrected chi connectivity index (χ0v) is 27.7. The van der Waals surface area contributed by atoms with E-state index in [-0.39, 0.29) is 30.7 Å². The number of aromatic amines is 2. The number of aliphatic hydroxyl groups is 2. The number of aromatic nitrogens is 2. The van der Waals surface area contributed by atoms with Crippen LogP contribution in [0.3, 0.4) is 0 Å². The summed E-state index contributed by atoms with van der Waals surface area (Å²) in [5.74, 6) is -2.97. The van der Waals surface area contributed by atoms with Crippen molar-refractivity contribution in [1.82, 2.24) is 30.8 Å². The van der Waals surface area contributed by atoms with Crippen molar-refractivity contribution in [3.05, 3.63) is 41.7 Å². The molecule has 19 heteroatoms. The molecule has 4 aliphatic rings. The van der Waals surface area contributed by atoms with Crippen molar-refractivity contribution in [2.75, 3.05) is 13.1 Å². The van der Waals surface area contributed by atoms with Crippen LogP contribution in [0.5, 0.6) is 0 Å². The Kier molecular flexibility index (Phi) is 7.22. The molecule has 11 N–H and O–H groups in total. The molecule has 41 heavy (non-hydrogen) atoms. The number of nitrogens with zero attached hydrogens (tertiary/aromatic N) is 3. The fourth-order valence-electron chi connectivity index (χ4n) is 6.75. The predicted octanol–water partition coefficient (Wildman–Crippen LogP) is 0.656. The number of fused-ring (bicyclic) bond motifs is 3. The minimum Gasteiger partial charge on any atom is -0.370 e. The van der Waals surface area contributed by atoms with Crippen LogP contribution in [0.1, 0.15) is 21.0 Å². The topological polar surface area (TPSA) is 222 Å². The average molecular weight is 847 g/mol. The predicted molar refractivity (Wildman–Crippen MR) is 163 cm³/mol. The van der Waals surface area contributed by atoms with E-state index in [0.29, 0.717) is 23.8 Å². The number of aliphatic imine (C=N–C) groups is 2. The maximum atomic E-state index is 13.1. The van der Waals surface area contributed by atoms with Crippen LogP contribution >= 0.6 is 75.3 Å². The van der Waals surface area contributed by atoms with Crippen molar-refractivity contribution in [2.24, 2.45) is 39.2 Å². The van der Waals surface area contributed by atoms with Crippen LogP contribution in [0.4, 0.5) is 0 Å². The Morgan fingerprint density at radius 1 is 1.00 bits per heavy atom. The molecule has 8 atom stereocenters. The normalized spacial score (nSPS) is 35.0. The van der Waals surface area contributed by atoms with Crippen LogP contribution < -0.4 is 27.4 Å². The summed E-state index contributed by atoms with van der Waals surface area (Å²) < 4.78 is 2.54. The van der Waals surface area contributed by atoms with Crippen molar-refractivity contribution >= 4 is 99.1 Å². The van der Waals surface area contributed by atoms with Gasteiger partial charge in [-0.1, -0.05) is 0 Å². The monoisotopic (exact) mass is 842 g/mol. The molecule has 1 aliphatic carbocycles. The molecule has 3 aliphatic heterocycles. The van der Waals surface area contributed by atoms with Crippen LogP contribution in [0, 0.1) is 17.8 Å². The van der Waals surface area contributed by atoms with E-state index in [0.717, 1.165) is 0 Å². The van der Waals surface area contributed by atoms with Crippen LogP contribution in [0.2, 0.25) is 0 Å². The highest BCUT2D eigenvalue weighted by molar-refractivity contribution is 9.13. The van der Waals surface area contributed by atoms with Gasteiger partial charge in [-0.05, 0) is 81.8 Å². The van der Waals surface area contributed by atoms with E-state index in [1.165, 1.54) is 4.90 Å². The van der Waals surface area contributed by atoms with Gasteiger partial charge in [-0.25, -0.2) is 9.98 Å². The van der Waals surface area contributed by atoms with Crippen LogP contribution in [0.25, 0.3) is 0 Å². The smallest absolute Gasteiger partial charge is 0.267 e. The number of rotatable bonds is 6. The number of halogens is 5. The van der Waals surface area contributed by atoms with Gasteiger partial charge in [0.2, 0.25) is 0 Å². The van der Waals surface area contributed by atoms with Crippen molar-refractivity contribution < 1.29 is 19.8 Å². The Bertz CT molecular complexity index is 1480. The van der Waals surface area contributed by atoms with Gasteiger partial charge in [0, 0.05) is 24.9 Å². The Morgan fingerprint density at radius 3 is 2.05 bits per heavy atom. The van der Waals surface area contributed by atoms with Gasteiger partial charge in [0.05, 0.1) is 23.5 Å². The summed E-state index contributed by atoms with van der Waals surface area (Å²) in [5, 5.41) is 31.1. The summed E-state index contributed by atoms with van der Waals surface area (Å²) in [5.41, 5.74) is 9.60. The zero-order valence-electron chi connectivity index (χ0n) is 20.6. The van der Waals surface area contributed by atoms with Gasteiger partial charge in [0.1, 0.15) is 16.9 Å². The van der Waals surface area contributed by atoms with Crippen LogP contribution in [-0.4, -0.2) is 90.9 Å². The zero-order chi connectivity index (χ0) is 29.6. The lowest BCUT2D eigenvalue weighted by molar-refractivity contribution is -0.0560. The highest BCUT2D eigenvalue weighted by Gasteiger charge is 2.82. The molecule has 1 saturated carbocycles. The second-order valence-corrected chi connectivity index (χ2v) is 14.0. The summed E-state index contributed by atoms with van der Waals surface area (Å²) in [7, 11) is 0. The lowest BCUT2D eigenvalue weighted by atomic mass is 9.77. The summed E-state index contributed by atoms with van der Waals surface area (Å²) in [6, 6.07) is 3.24. The van der Waals surface area contributed by atoms with Gasteiger partial charge in [0.15, 0.2) is 30.0 Å². The molecule has 0 aromatic carbocycles.